The van der Waals surface area contributed by atoms with Crippen LogP contribution in [0.25, 0.3) is 0 Å². The molecule has 3 nitrogen and oxygen atoms in total. The summed E-state index contributed by atoms with van der Waals surface area (Å²) in [5.74, 6) is 0.760. The molecule has 28 heavy (non-hydrogen) atoms. The Balaban J connectivity index is 1.70. The maximum atomic E-state index is 11.9. The molecule has 2 aromatic rings. The Hall–Kier alpha value is -1.71. The van der Waals surface area contributed by atoms with Gasteiger partial charge in [0, 0.05) is 12.5 Å². The van der Waals surface area contributed by atoms with Gasteiger partial charge in [-0.3, -0.25) is 0 Å². The Bertz CT molecular complexity index is 845. The van der Waals surface area contributed by atoms with E-state index in [4.69, 9.17) is 27.9 Å². The van der Waals surface area contributed by atoms with Crippen molar-refractivity contribution in [3.05, 3.63) is 69.2 Å². The van der Waals surface area contributed by atoms with Gasteiger partial charge >= 0.3 is 6.09 Å². The Kier molecular flexibility index (Phi) is 6.57. The summed E-state index contributed by atoms with van der Waals surface area (Å²) in [5.41, 5.74) is 3.43. The van der Waals surface area contributed by atoms with Crippen molar-refractivity contribution < 1.29 is 9.53 Å². The second kappa shape index (κ2) is 8.75. The van der Waals surface area contributed by atoms with Gasteiger partial charge in [-0.25, -0.2) is 4.79 Å². The lowest BCUT2D eigenvalue weighted by molar-refractivity contribution is 0.0524. The first-order valence-electron chi connectivity index (χ1n) is 9.72. The maximum Gasteiger partial charge on any atom is 0.407 e. The van der Waals surface area contributed by atoms with Gasteiger partial charge in [0.2, 0.25) is 0 Å². The van der Waals surface area contributed by atoms with Crippen molar-refractivity contribution in [2.45, 2.75) is 51.6 Å². The summed E-state index contributed by atoms with van der Waals surface area (Å²) in [7, 11) is 0. The van der Waals surface area contributed by atoms with Crippen molar-refractivity contribution in [1.82, 2.24) is 5.32 Å². The summed E-state index contributed by atoms with van der Waals surface area (Å²) in [6.45, 7) is 6.21. The minimum Gasteiger partial charge on any atom is -0.444 e. The first kappa shape index (κ1) is 21.0. The van der Waals surface area contributed by atoms with Gasteiger partial charge in [-0.2, -0.15) is 0 Å². The van der Waals surface area contributed by atoms with Gasteiger partial charge in [-0.1, -0.05) is 53.5 Å². The van der Waals surface area contributed by atoms with Gasteiger partial charge in [0.15, 0.2) is 0 Å². The number of fused-ring (bicyclic) bond motifs is 1. The number of halogens is 2. The second-order valence-electron chi connectivity index (χ2n) is 8.45. The van der Waals surface area contributed by atoms with Crippen LogP contribution < -0.4 is 5.32 Å². The van der Waals surface area contributed by atoms with Crippen LogP contribution in [0, 0.1) is 5.92 Å². The number of hydrogen-bond acceptors (Lipinski definition) is 2. The predicted octanol–water partition coefficient (Wildman–Crippen LogP) is 6.60. The van der Waals surface area contributed by atoms with Crippen molar-refractivity contribution in [2.24, 2.45) is 5.92 Å². The zero-order chi connectivity index (χ0) is 20.3. The van der Waals surface area contributed by atoms with E-state index in [0.29, 0.717) is 22.5 Å². The third-order valence-electron chi connectivity index (χ3n) is 5.07. The Morgan fingerprint density at radius 1 is 1.14 bits per heavy atom. The van der Waals surface area contributed by atoms with Gasteiger partial charge in [0.1, 0.15) is 5.60 Å². The van der Waals surface area contributed by atoms with Crippen LogP contribution in [0.3, 0.4) is 0 Å². The number of hydrogen-bond donors (Lipinski definition) is 1. The molecular weight excluding hydrogens is 393 g/mol. The molecule has 0 saturated carbocycles. The lowest BCUT2D eigenvalue weighted by atomic mass is 9.73. The van der Waals surface area contributed by atoms with E-state index in [9.17, 15) is 4.79 Å². The summed E-state index contributed by atoms with van der Waals surface area (Å²) < 4.78 is 5.32. The number of carbonyl (C=O) groups excluding carboxylic acids is 1. The molecule has 3 rings (SSSR count). The van der Waals surface area contributed by atoms with E-state index < -0.39 is 5.60 Å². The first-order valence-corrected chi connectivity index (χ1v) is 10.5. The third kappa shape index (κ3) is 5.42. The number of amides is 1. The number of ether oxygens (including phenoxy) is 1. The summed E-state index contributed by atoms with van der Waals surface area (Å²) in [6.07, 6.45) is 2.59. The largest absolute Gasteiger partial charge is 0.444 e. The molecule has 0 unspecified atom stereocenters. The normalized spacial score (nSPS) is 19.0. The predicted molar refractivity (Wildman–Crippen MR) is 115 cm³/mol. The number of alkyl carbamates (subject to hydrolysis) is 1. The number of carbonyl (C=O) groups is 1. The van der Waals surface area contributed by atoms with Gasteiger partial charge in [-0.05, 0) is 74.8 Å². The molecular formula is C23H27Cl2NO2. The standard InChI is InChI=1S/C23H27Cl2NO2/c1-23(2,3)28-22(27)26-11-10-15-12-16-6-4-5-7-18(16)19(13-15)17-8-9-20(24)21(25)14-17/h4-9,14-15,19H,10-13H2,1-3H3,(H,26,27)/t15-,19+/m1/s1. The molecule has 0 aliphatic heterocycles. The van der Waals surface area contributed by atoms with E-state index in [-0.39, 0.29) is 12.0 Å². The van der Waals surface area contributed by atoms with Crippen LogP contribution >= 0.6 is 23.2 Å². The quantitative estimate of drug-likeness (QED) is 0.605. The van der Waals surface area contributed by atoms with Crippen LogP contribution in [0.1, 0.15) is 56.2 Å². The van der Waals surface area contributed by atoms with Gasteiger partial charge in [0.05, 0.1) is 10.0 Å². The molecule has 0 fully saturated rings. The van der Waals surface area contributed by atoms with Crippen LogP contribution in [0.15, 0.2) is 42.5 Å². The van der Waals surface area contributed by atoms with Gasteiger partial charge < -0.3 is 10.1 Å². The minimum absolute atomic E-state index is 0.284. The van der Waals surface area contributed by atoms with E-state index in [1.54, 1.807) is 0 Å². The minimum atomic E-state index is -0.479. The number of nitrogens with one attached hydrogen (secondary N) is 1. The number of benzene rings is 2. The zero-order valence-electron chi connectivity index (χ0n) is 16.6. The lowest BCUT2D eigenvalue weighted by Gasteiger charge is -2.32. The van der Waals surface area contributed by atoms with Crippen molar-refractivity contribution in [3.63, 3.8) is 0 Å². The third-order valence-corrected chi connectivity index (χ3v) is 5.81. The molecule has 5 heteroatoms. The molecule has 1 N–H and O–H groups in total. The van der Waals surface area contributed by atoms with E-state index >= 15 is 0 Å². The molecule has 0 radical (unpaired) electrons. The molecule has 2 aromatic carbocycles. The van der Waals surface area contributed by atoms with Crippen molar-refractivity contribution >= 4 is 29.3 Å². The van der Waals surface area contributed by atoms with Crippen LogP contribution in [-0.2, 0) is 11.2 Å². The van der Waals surface area contributed by atoms with Crippen molar-refractivity contribution in [3.8, 4) is 0 Å². The average Bonchev–Trinajstić information content (AvgIpc) is 2.62. The van der Waals surface area contributed by atoms with Crippen LogP contribution in [0.5, 0.6) is 0 Å². The smallest absolute Gasteiger partial charge is 0.407 e. The Morgan fingerprint density at radius 3 is 2.61 bits per heavy atom. The highest BCUT2D eigenvalue weighted by atomic mass is 35.5. The highest BCUT2D eigenvalue weighted by Gasteiger charge is 2.28. The SMILES string of the molecule is CC(C)(C)OC(=O)NCC[C@@H]1Cc2ccccc2[C@H](c2ccc(Cl)c(Cl)c2)C1. The summed E-state index contributed by atoms with van der Waals surface area (Å²) in [4.78, 5) is 11.9. The van der Waals surface area contributed by atoms with E-state index in [0.717, 1.165) is 19.3 Å². The molecule has 2 atom stereocenters. The molecule has 0 bridgehead atoms. The molecule has 150 valence electrons. The Labute approximate surface area is 177 Å². The second-order valence-corrected chi connectivity index (χ2v) is 9.26. The fraction of sp³-hybridized carbons (Fsp3) is 0.435. The maximum absolute atomic E-state index is 11.9. The highest BCUT2D eigenvalue weighted by Crippen LogP contribution is 2.41. The average molecular weight is 420 g/mol. The van der Waals surface area contributed by atoms with E-state index in [1.807, 2.05) is 32.9 Å². The van der Waals surface area contributed by atoms with Gasteiger partial charge in [-0.15, -0.1) is 0 Å². The molecule has 0 heterocycles. The fourth-order valence-corrected chi connectivity index (χ4v) is 4.18. The van der Waals surface area contributed by atoms with E-state index in [2.05, 4.69) is 35.6 Å². The molecule has 0 saturated heterocycles. The van der Waals surface area contributed by atoms with Crippen LogP contribution in [-0.4, -0.2) is 18.2 Å². The lowest BCUT2D eigenvalue weighted by Crippen LogP contribution is -2.34. The summed E-state index contributed by atoms with van der Waals surface area (Å²) >= 11 is 12.4. The number of rotatable bonds is 4. The van der Waals surface area contributed by atoms with E-state index in [1.165, 1.54) is 16.7 Å². The fourth-order valence-electron chi connectivity index (χ4n) is 3.87. The molecule has 0 spiro atoms. The van der Waals surface area contributed by atoms with Gasteiger partial charge in [0.25, 0.3) is 0 Å². The Morgan fingerprint density at radius 2 is 1.89 bits per heavy atom. The monoisotopic (exact) mass is 419 g/mol. The molecule has 1 aliphatic carbocycles. The molecule has 0 aromatic heterocycles. The van der Waals surface area contributed by atoms with Crippen LogP contribution in [0.4, 0.5) is 4.79 Å². The summed E-state index contributed by atoms with van der Waals surface area (Å²) in [5, 5.41) is 4.05. The zero-order valence-corrected chi connectivity index (χ0v) is 18.1. The van der Waals surface area contributed by atoms with Crippen molar-refractivity contribution in [1.29, 1.82) is 0 Å². The highest BCUT2D eigenvalue weighted by molar-refractivity contribution is 6.42. The molecule has 1 aliphatic rings. The molecule has 1 amide bonds. The summed E-state index contributed by atoms with van der Waals surface area (Å²) in [6, 6.07) is 14.5. The van der Waals surface area contributed by atoms with Crippen LogP contribution in [0.2, 0.25) is 10.0 Å². The first-order chi connectivity index (χ1) is 13.2. The topological polar surface area (TPSA) is 38.3 Å². The van der Waals surface area contributed by atoms with Crippen molar-refractivity contribution in [2.75, 3.05) is 6.54 Å².